The topological polar surface area (TPSA) is 186 Å². The first kappa shape index (κ1) is 51.5. The molecule has 2 N–H and O–H groups in total. The van der Waals surface area contributed by atoms with E-state index in [1.165, 1.54) is 42.9 Å². The molecule has 0 spiro atoms. The van der Waals surface area contributed by atoms with Crippen LogP contribution < -0.4 is 19.7 Å². The molecule has 2 fully saturated rings. The number of likely N-dealkylation sites (N-methyl/N-ethyl adjacent to an activating group) is 1. The van der Waals surface area contributed by atoms with E-state index in [9.17, 15) is 29.1 Å². The number of aliphatic hydroxyl groups is 1. The molecule has 0 aliphatic carbocycles. The number of benzene rings is 3. The van der Waals surface area contributed by atoms with E-state index in [-0.39, 0.29) is 43.2 Å². The number of fused-ring (bicyclic) bond motifs is 5. The Morgan fingerprint density at radius 1 is 1.03 bits per heavy atom. The number of ether oxygens (including phenoxy) is 6. The Balaban J connectivity index is 1.18. The predicted molar refractivity (Wildman–Crippen MR) is 255 cm³/mol. The number of hydrogen-bond acceptors (Lipinski definition) is 12. The average Bonchev–Trinajstić information content (AvgIpc) is 4.01. The largest absolute Gasteiger partial charge is 0.495 e. The monoisotopic (exact) mass is 958 g/mol. The first-order valence-electron chi connectivity index (χ1n) is 22.6. The van der Waals surface area contributed by atoms with Gasteiger partial charge in [0.1, 0.15) is 46.5 Å². The van der Waals surface area contributed by atoms with Crippen LogP contribution in [0, 0.1) is 12.8 Å². The number of para-hydroxylation sites is 1. The smallest absolute Gasteiger partial charge is 0.414 e. The quantitative estimate of drug-likeness (QED) is 0.144. The van der Waals surface area contributed by atoms with Gasteiger partial charge in [0.2, 0.25) is 11.8 Å². The minimum absolute atomic E-state index is 0.00169. The first-order chi connectivity index (χ1) is 32.2. The van der Waals surface area contributed by atoms with Crippen molar-refractivity contribution in [2.45, 2.75) is 109 Å². The molecule has 4 amide bonds. The van der Waals surface area contributed by atoms with Crippen LogP contribution in [0.1, 0.15) is 64.5 Å². The highest BCUT2D eigenvalue weighted by Crippen LogP contribution is 2.49. The highest BCUT2D eigenvalue weighted by molar-refractivity contribution is 6.35. The van der Waals surface area contributed by atoms with E-state index in [1.807, 2.05) is 56.3 Å². The molecule has 3 aromatic rings. The first-order valence-corrected chi connectivity index (χ1v) is 23.0. The van der Waals surface area contributed by atoms with Gasteiger partial charge in [-0.05, 0) is 75.4 Å². The van der Waals surface area contributed by atoms with Gasteiger partial charge in [-0.1, -0.05) is 84.8 Å². The zero-order valence-electron chi connectivity index (χ0n) is 40.4. The van der Waals surface area contributed by atoms with Gasteiger partial charge in [0.25, 0.3) is 0 Å². The molecule has 366 valence electrons. The van der Waals surface area contributed by atoms with Crippen molar-refractivity contribution in [3.8, 4) is 22.6 Å². The Morgan fingerprint density at radius 2 is 1.72 bits per heavy atom. The van der Waals surface area contributed by atoms with E-state index < -0.39 is 71.8 Å². The van der Waals surface area contributed by atoms with Crippen LogP contribution in [0.5, 0.6) is 11.5 Å². The van der Waals surface area contributed by atoms with Gasteiger partial charge in [0, 0.05) is 59.1 Å². The number of methoxy groups -OCH3 is 2. The molecule has 6 rings (SSSR count). The molecule has 2 saturated heterocycles. The zero-order valence-corrected chi connectivity index (χ0v) is 41.1. The summed E-state index contributed by atoms with van der Waals surface area (Å²) in [4.78, 5) is 72.2. The fourth-order valence-electron chi connectivity index (χ4n) is 8.78. The Bertz CT molecular complexity index is 2440. The number of anilines is 1. The fraction of sp³-hybridized carbons (Fsp3) is 0.471. The summed E-state index contributed by atoms with van der Waals surface area (Å²) >= 11 is 6.82. The molecule has 17 heteroatoms. The number of amides is 4. The van der Waals surface area contributed by atoms with Gasteiger partial charge in [0.15, 0.2) is 5.72 Å². The van der Waals surface area contributed by atoms with Crippen LogP contribution in [0.15, 0.2) is 84.5 Å². The molecule has 0 radical (unpaired) electrons. The summed E-state index contributed by atoms with van der Waals surface area (Å²) in [7, 11) is 7.53. The molecule has 3 aliphatic heterocycles. The van der Waals surface area contributed by atoms with Crippen molar-refractivity contribution in [2.24, 2.45) is 5.92 Å². The van der Waals surface area contributed by atoms with Crippen LogP contribution >= 0.6 is 11.6 Å². The standard InChI is InChI=1S/C51H63ClN4O12/c1-30-17-15-22-41(64-10)51(62)29-40(65-48(60)53-51)32(3)46-50(5,68-46)42(28-44(58)56(8)37-26-34(25-30)27-39(63-9)45(37)52)67-47(59)33(4)55(7)43(57)23-16-24-54(6)49(61)66-38-21-14-13-20-36(38)35-19-12-11-18-31(35)2/h11-15,17-22,26-27,32-33,40-42,46,62H,16,23-25,28-29H2,1-10H3,(H,53,60)/b22-15+,30-17+/t32-,33+,40+,41-,42+,46?,50+,51+/m1/s1. The van der Waals surface area contributed by atoms with Crippen molar-refractivity contribution in [2.75, 3.05) is 46.8 Å². The van der Waals surface area contributed by atoms with E-state index in [0.717, 1.165) is 27.8 Å². The third kappa shape index (κ3) is 11.5. The van der Waals surface area contributed by atoms with Crippen LogP contribution in [0.25, 0.3) is 11.1 Å². The third-order valence-corrected chi connectivity index (χ3v) is 13.6. The average molecular weight is 960 g/mol. The number of halogens is 1. The van der Waals surface area contributed by atoms with E-state index >= 15 is 0 Å². The molecular weight excluding hydrogens is 896 g/mol. The number of carbonyl (C=O) groups excluding carboxylic acids is 5. The number of nitrogens with one attached hydrogen (secondary N) is 1. The minimum Gasteiger partial charge on any atom is -0.495 e. The van der Waals surface area contributed by atoms with E-state index in [1.54, 1.807) is 64.4 Å². The summed E-state index contributed by atoms with van der Waals surface area (Å²) < 4.78 is 35.3. The molecule has 3 heterocycles. The van der Waals surface area contributed by atoms with Crippen LogP contribution in [0.4, 0.5) is 15.3 Å². The predicted octanol–water partition coefficient (Wildman–Crippen LogP) is 7.40. The highest BCUT2D eigenvalue weighted by atomic mass is 35.5. The van der Waals surface area contributed by atoms with E-state index in [2.05, 4.69) is 5.32 Å². The molecule has 16 nitrogen and oxygen atoms in total. The summed E-state index contributed by atoms with van der Waals surface area (Å²) in [5.41, 5.74) is 1.66. The lowest BCUT2D eigenvalue weighted by Gasteiger charge is -2.42. The number of carbonyl (C=O) groups is 5. The number of epoxide rings is 1. The lowest BCUT2D eigenvalue weighted by molar-refractivity contribution is -0.162. The summed E-state index contributed by atoms with van der Waals surface area (Å²) in [5, 5.41) is 14.6. The Kier molecular flexibility index (Phi) is 16.3. The van der Waals surface area contributed by atoms with Gasteiger partial charge in [-0.15, -0.1) is 0 Å². The molecule has 3 aliphatic rings. The molecule has 0 saturated carbocycles. The van der Waals surface area contributed by atoms with E-state index in [0.29, 0.717) is 23.6 Å². The van der Waals surface area contributed by atoms with Gasteiger partial charge in [-0.25, -0.2) is 14.4 Å². The molecule has 8 atom stereocenters. The number of esters is 1. The Labute approximate surface area is 403 Å². The zero-order chi connectivity index (χ0) is 49.7. The summed E-state index contributed by atoms with van der Waals surface area (Å²) in [6, 6.07) is 17.6. The fourth-order valence-corrected chi connectivity index (χ4v) is 9.09. The number of allylic oxidation sites excluding steroid dienone is 3. The number of alkyl carbamates (subject to hydrolysis) is 1. The van der Waals surface area contributed by atoms with Crippen molar-refractivity contribution in [3.05, 3.63) is 101 Å². The molecule has 0 aromatic heterocycles. The lowest BCUT2D eigenvalue weighted by Crippen LogP contribution is -2.63. The van der Waals surface area contributed by atoms with Gasteiger partial charge >= 0.3 is 18.2 Å². The van der Waals surface area contributed by atoms with Crippen LogP contribution in [0.3, 0.4) is 0 Å². The normalized spacial score (nSPS) is 26.7. The second-order valence-corrected chi connectivity index (χ2v) is 18.5. The minimum atomic E-state index is -1.86. The third-order valence-electron chi connectivity index (χ3n) is 13.2. The van der Waals surface area contributed by atoms with Gasteiger partial charge in [-0.2, -0.15) is 0 Å². The summed E-state index contributed by atoms with van der Waals surface area (Å²) in [6.07, 6.45) is 0.258. The second-order valence-electron chi connectivity index (χ2n) is 18.1. The molecule has 68 heavy (non-hydrogen) atoms. The van der Waals surface area contributed by atoms with Crippen molar-refractivity contribution in [3.63, 3.8) is 0 Å². The number of nitrogens with zero attached hydrogens (tertiary/aromatic N) is 3. The maximum absolute atomic E-state index is 14.3. The molecule has 3 aromatic carbocycles. The van der Waals surface area contributed by atoms with Crippen molar-refractivity contribution < 1.29 is 57.5 Å². The van der Waals surface area contributed by atoms with Gasteiger partial charge in [-0.3, -0.25) is 14.9 Å². The number of rotatable bonds is 11. The Morgan fingerprint density at radius 3 is 2.41 bits per heavy atom. The lowest BCUT2D eigenvalue weighted by atomic mass is 9.83. The maximum atomic E-state index is 14.3. The molecule has 4 bridgehead atoms. The number of aryl methyl sites for hydroxylation is 1. The van der Waals surface area contributed by atoms with Crippen molar-refractivity contribution in [1.82, 2.24) is 15.1 Å². The highest BCUT2D eigenvalue weighted by Gasteiger charge is 2.64. The molecule has 1 unspecified atom stereocenters. The number of hydrogen-bond donors (Lipinski definition) is 2. The second kappa shape index (κ2) is 21.6. The van der Waals surface area contributed by atoms with Crippen LogP contribution in [-0.4, -0.2) is 129 Å². The van der Waals surface area contributed by atoms with Crippen LogP contribution in [-0.2, 0) is 39.8 Å². The van der Waals surface area contributed by atoms with Crippen molar-refractivity contribution in [1.29, 1.82) is 0 Å². The molecular formula is C51H63ClN4O12. The van der Waals surface area contributed by atoms with E-state index in [4.69, 9.17) is 40.0 Å². The summed E-state index contributed by atoms with van der Waals surface area (Å²) in [6.45, 7) is 9.10. The van der Waals surface area contributed by atoms with Gasteiger partial charge in [0.05, 0.1) is 25.3 Å². The van der Waals surface area contributed by atoms with Gasteiger partial charge < -0.3 is 48.2 Å². The Hall–Kier alpha value is -5.94. The van der Waals surface area contributed by atoms with Crippen molar-refractivity contribution >= 4 is 47.3 Å². The SMILES string of the molecule is COc1cc2cc(c1Cl)N(C)C(=O)C[C@H](OC(=O)[C@H](C)N(C)C(=O)CCCN(C)C(=O)Oc1ccccc1-c1ccccc1C)[C@]1(C)OC1[C@H](C)[C@@H]1C[C@@](O)(NC(=O)O1)[C@H](OC)/C=C/C=C(\C)C2. The summed E-state index contributed by atoms with van der Waals surface area (Å²) in [5.74, 6) is -1.46. The maximum Gasteiger partial charge on any atom is 0.414 e. The van der Waals surface area contributed by atoms with Crippen LogP contribution in [0.2, 0.25) is 5.02 Å².